The van der Waals surface area contributed by atoms with Gasteiger partial charge in [0.15, 0.2) is 0 Å². The summed E-state index contributed by atoms with van der Waals surface area (Å²) in [6, 6.07) is 22.2. The second-order valence-electron chi connectivity index (χ2n) is 11.2. The summed E-state index contributed by atoms with van der Waals surface area (Å²) in [5.41, 5.74) is 2.29. The van der Waals surface area contributed by atoms with Crippen LogP contribution in [0.15, 0.2) is 72.9 Å². The van der Waals surface area contributed by atoms with Gasteiger partial charge in [-0.3, -0.25) is 9.78 Å². The van der Waals surface area contributed by atoms with Crippen LogP contribution in [0.5, 0.6) is 5.75 Å². The zero-order chi connectivity index (χ0) is 26.3. The van der Waals surface area contributed by atoms with Gasteiger partial charge in [0.05, 0.1) is 12.8 Å². The highest BCUT2D eigenvalue weighted by atomic mass is 16.6. The third-order valence-electron chi connectivity index (χ3n) is 8.84. The van der Waals surface area contributed by atoms with E-state index in [9.17, 15) is 9.59 Å². The van der Waals surface area contributed by atoms with Crippen LogP contribution in [0.3, 0.4) is 0 Å². The van der Waals surface area contributed by atoms with Crippen LogP contribution in [0.25, 0.3) is 0 Å². The standard InChI is InChI=1S/C32H34N2O4/c1-31(30(36)37-2,28-5-3-4-18-33-28)38-27-16-12-24(13-17-27)32(20-21-6-9-25(32)19-21)23-10-7-22(8-11-23)29(35)34-26-14-15-26/h3-5,7-8,10-13,16-18,21,25-26H,6,9,14-15,19-20H2,1-2H3,(H,34,35)/t21-,25+,31?,32+/m1/s1. The quantitative estimate of drug-likeness (QED) is 0.402. The number of rotatable bonds is 8. The van der Waals surface area contributed by atoms with Crippen molar-refractivity contribution >= 4 is 11.9 Å². The third kappa shape index (κ3) is 4.26. The van der Waals surface area contributed by atoms with Crippen LogP contribution in [0.2, 0.25) is 0 Å². The van der Waals surface area contributed by atoms with Gasteiger partial charge >= 0.3 is 5.97 Å². The van der Waals surface area contributed by atoms with Gasteiger partial charge in [0.2, 0.25) is 5.60 Å². The molecule has 4 atom stereocenters. The summed E-state index contributed by atoms with van der Waals surface area (Å²) in [7, 11) is 1.36. The van der Waals surface area contributed by atoms with Gasteiger partial charge in [-0.2, -0.15) is 0 Å². The van der Waals surface area contributed by atoms with Crippen LogP contribution in [0.1, 0.15) is 72.6 Å². The van der Waals surface area contributed by atoms with Gasteiger partial charge in [-0.25, -0.2) is 4.79 Å². The number of hydrogen-bond donors (Lipinski definition) is 1. The summed E-state index contributed by atoms with van der Waals surface area (Å²) < 4.78 is 11.3. The largest absolute Gasteiger partial charge is 0.469 e. The number of methoxy groups -OCH3 is 1. The van der Waals surface area contributed by atoms with Gasteiger partial charge in [-0.1, -0.05) is 36.8 Å². The summed E-state index contributed by atoms with van der Waals surface area (Å²) in [4.78, 5) is 29.7. The number of carbonyl (C=O) groups is 2. The minimum Gasteiger partial charge on any atom is -0.469 e. The molecule has 196 valence electrons. The maximum atomic E-state index is 12.8. The number of fused-ring (bicyclic) bond motifs is 2. The molecule has 2 aromatic carbocycles. The normalized spacial score (nSPS) is 25.4. The van der Waals surface area contributed by atoms with E-state index in [0.717, 1.165) is 30.7 Å². The Balaban J connectivity index is 1.30. The molecule has 6 heteroatoms. The van der Waals surface area contributed by atoms with Gasteiger partial charge < -0.3 is 14.8 Å². The molecule has 6 nitrogen and oxygen atoms in total. The Morgan fingerprint density at radius 2 is 1.66 bits per heavy atom. The zero-order valence-electron chi connectivity index (χ0n) is 22.0. The van der Waals surface area contributed by atoms with Gasteiger partial charge in [-0.15, -0.1) is 0 Å². The van der Waals surface area contributed by atoms with Crippen LogP contribution in [-0.2, 0) is 20.5 Å². The molecule has 1 heterocycles. The van der Waals surface area contributed by atoms with E-state index in [1.807, 2.05) is 30.3 Å². The first-order chi connectivity index (χ1) is 18.4. The number of esters is 1. The summed E-state index contributed by atoms with van der Waals surface area (Å²) >= 11 is 0. The van der Waals surface area contributed by atoms with Crippen LogP contribution in [0, 0.1) is 11.8 Å². The molecular formula is C32H34N2O4. The summed E-state index contributed by atoms with van der Waals surface area (Å²) in [6.07, 6.45) is 8.65. The third-order valence-corrected chi connectivity index (χ3v) is 8.84. The average molecular weight is 511 g/mol. The second kappa shape index (κ2) is 9.57. The van der Waals surface area contributed by atoms with Gasteiger partial charge in [0, 0.05) is 23.2 Å². The minimum atomic E-state index is -1.36. The predicted octanol–water partition coefficient (Wildman–Crippen LogP) is 5.55. The molecule has 1 N–H and O–H groups in total. The average Bonchev–Trinajstić information content (AvgIpc) is 3.53. The second-order valence-corrected chi connectivity index (χ2v) is 11.2. The van der Waals surface area contributed by atoms with Crippen molar-refractivity contribution in [2.24, 2.45) is 11.8 Å². The maximum absolute atomic E-state index is 12.8. The highest BCUT2D eigenvalue weighted by Crippen LogP contribution is 2.60. The molecule has 1 aromatic heterocycles. The number of nitrogens with one attached hydrogen (secondary N) is 1. The van der Waals surface area contributed by atoms with E-state index >= 15 is 0 Å². The fraction of sp³-hybridized carbons (Fsp3) is 0.406. The summed E-state index contributed by atoms with van der Waals surface area (Å²) in [6.45, 7) is 1.69. The van der Waals surface area contributed by atoms with Crippen molar-refractivity contribution in [3.63, 3.8) is 0 Å². The van der Waals surface area contributed by atoms with E-state index in [0.29, 0.717) is 23.4 Å². The molecule has 2 bridgehead atoms. The van der Waals surface area contributed by atoms with E-state index in [1.165, 1.54) is 37.5 Å². The predicted molar refractivity (Wildman–Crippen MR) is 144 cm³/mol. The Morgan fingerprint density at radius 3 is 2.21 bits per heavy atom. The zero-order valence-corrected chi connectivity index (χ0v) is 22.0. The SMILES string of the molecule is COC(=O)C(C)(Oc1ccc([C@@]2(c3ccc(C(=O)NC4CC4)cc3)C[C@@H]3CC[C@H]2C3)cc1)c1ccccn1. The Hall–Kier alpha value is -3.67. The molecule has 3 fully saturated rings. The molecule has 6 rings (SSSR count). The van der Waals surface area contributed by atoms with E-state index in [4.69, 9.17) is 9.47 Å². The van der Waals surface area contributed by atoms with Gasteiger partial charge in [0.1, 0.15) is 5.75 Å². The van der Waals surface area contributed by atoms with Gasteiger partial charge in [0.25, 0.3) is 5.91 Å². The molecular weight excluding hydrogens is 476 g/mol. The highest BCUT2D eigenvalue weighted by molar-refractivity contribution is 5.94. The van der Waals surface area contributed by atoms with E-state index in [-0.39, 0.29) is 11.3 Å². The molecule has 3 saturated carbocycles. The number of benzene rings is 2. The fourth-order valence-corrected chi connectivity index (χ4v) is 6.71. The Morgan fingerprint density at radius 1 is 0.947 bits per heavy atom. The van der Waals surface area contributed by atoms with Crippen LogP contribution < -0.4 is 10.1 Å². The summed E-state index contributed by atoms with van der Waals surface area (Å²) in [5, 5.41) is 3.09. The molecule has 0 radical (unpaired) electrons. The van der Waals surface area contributed by atoms with Crippen LogP contribution in [0.4, 0.5) is 0 Å². The lowest BCUT2D eigenvalue weighted by Gasteiger charge is -2.39. The number of carbonyl (C=O) groups excluding carboxylic acids is 2. The fourth-order valence-electron chi connectivity index (χ4n) is 6.71. The Kier molecular flexibility index (Phi) is 6.21. The minimum absolute atomic E-state index is 0.0177. The molecule has 0 spiro atoms. The van der Waals surface area contributed by atoms with Crippen molar-refractivity contribution < 1.29 is 19.1 Å². The lowest BCUT2D eigenvalue weighted by atomic mass is 9.64. The van der Waals surface area contributed by atoms with Crippen molar-refractivity contribution in [1.82, 2.24) is 10.3 Å². The Labute approximate surface area is 223 Å². The molecule has 1 amide bonds. The molecule has 3 aliphatic carbocycles. The topological polar surface area (TPSA) is 77.5 Å². The van der Waals surface area contributed by atoms with E-state index < -0.39 is 11.6 Å². The van der Waals surface area contributed by atoms with Gasteiger partial charge in [-0.05, 0) is 98.4 Å². The van der Waals surface area contributed by atoms with Crippen LogP contribution >= 0.6 is 0 Å². The number of ether oxygens (including phenoxy) is 2. The molecule has 3 aromatic rings. The lowest BCUT2D eigenvalue weighted by molar-refractivity contribution is -0.159. The van der Waals surface area contributed by atoms with Crippen molar-refractivity contribution in [1.29, 1.82) is 0 Å². The number of pyridine rings is 1. The lowest BCUT2D eigenvalue weighted by Crippen LogP contribution is -2.40. The smallest absolute Gasteiger partial charge is 0.356 e. The van der Waals surface area contributed by atoms with Crippen LogP contribution in [-0.4, -0.2) is 30.0 Å². The molecule has 38 heavy (non-hydrogen) atoms. The van der Waals surface area contributed by atoms with E-state index in [1.54, 1.807) is 25.3 Å². The first-order valence-corrected chi connectivity index (χ1v) is 13.6. The first kappa shape index (κ1) is 24.7. The molecule has 0 aliphatic heterocycles. The first-order valence-electron chi connectivity index (χ1n) is 13.6. The maximum Gasteiger partial charge on any atom is 0.356 e. The monoisotopic (exact) mass is 510 g/mol. The molecule has 0 saturated heterocycles. The number of nitrogens with zero attached hydrogens (tertiary/aromatic N) is 1. The Bertz CT molecular complexity index is 1320. The van der Waals surface area contributed by atoms with Crippen molar-refractivity contribution in [3.05, 3.63) is 95.3 Å². The van der Waals surface area contributed by atoms with Crippen molar-refractivity contribution in [2.45, 2.75) is 62.5 Å². The summed E-state index contributed by atoms with van der Waals surface area (Å²) in [5.74, 6) is 1.39. The van der Waals surface area contributed by atoms with Crippen molar-refractivity contribution in [3.8, 4) is 5.75 Å². The van der Waals surface area contributed by atoms with Crippen molar-refractivity contribution in [2.75, 3.05) is 7.11 Å². The molecule has 3 aliphatic rings. The van der Waals surface area contributed by atoms with E-state index in [2.05, 4.69) is 34.6 Å². The number of hydrogen-bond acceptors (Lipinski definition) is 5. The number of aromatic nitrogens is 1. The highest BCUT2D eigenvalue weighted by Gasteiger charge is 2.52. The molecule has 1 unspecified atom stereocenters. The number of amides is 1.